The normalized spacial score (nSPS) is 11.0. The first-order chi connectivity index (χ1) is 15.9. The summed E-state index contributed by atoms with van der Waals surface area (Å²) in [5.41, 5.74) is 9.32. The molecule has 0 aliphatic heterocycles. The molecule has 1 unspecified atom stereocenters. The standard InChI is InChI=1S/C23H18Cl2N8/c1-14-10-17(18(12-28)15-2-4-16(24)5-3-15)19(25)11-20(14)32-22-21(29)23(31-13-30-22)33(8-6-26)9-7-27/h2-5,10-11,13,18H,8-9,29H2,1H3,(H,30,31,32). The van der Waals surface area contributed by atoms with Gasteiger partial charge in [-0.05, 0) is 41.8 Å². The molecule has 3 N–H and O–H groups in total. The van der Waals surface area contributed by atoms with Gasteiger partial charge in [0.15, 0.2) is 11.6 Å². The predicted octanol–water partition coefficient (Wildman–Crippen LogP) is 4.93. The Balaban J connectivity index is 1.95. The third-order valence-electron chi connectivity index (χ3n) is 4.93. The average Bonchev–Trinajstić information content (AvgIpc) is 2.80. The number of aromatic nitrogens is 2. The number of anilines is 4. The number of hydrogen-bond donors (Lipinski definition) is 2. The number of nitrogen functional groups attached to an aromatic ring is 1. The summed E-state index contributed by atoms with van der Waals surface area (Å²) in [4.78, 5) is 9.76. The predicted molar refractivity (Wildman–Crippen MR) is 128 cm³/mol. The Kier molecular flexibility index (Phi) is 7.53. The number of hydrogen-bond acceptors (Lipinski definition) is 8. The van der Waals surface area contributed by atoms with E-state index in [2.05, 4.69) is 21.4 Å². The fourth-order valence-electron chi connectivity index (χ4n) is 3.28. The molecule has 33 heavy (non-hydrogen) atoms. The molecule has 0 radical (unpaired) electrons. The molecule has 8 nitrogen and oxygen atoms in total. The molecule has 0 aliphatic rings. The lowest BCUT2D eigenvalue weighted by Crippen LogP contribution is -2.26. The second kappa shape index (κ2) is 10.5. The highest BCUT2D eigenvalue weighted by molar-refractivity contribution is 6.32. The molecule has 0 spiro atoms. The maximum absolute atomic E-state index is 9.79. The van der Waals surface area contributed by atoms with Crippen molar-refractivity contribution in [3.63, 3.8) is 0 Å². The third kappa shape index (κ3) is 5.25. The molecular weight excluding hydrogens is 459 g/mol. The van der Waals surface area contributed by atoms with Gasteiger partial charge in [0.25, 0.3) is 0 Å². The molecule has 0 saturated carbocycles. The minimum Gasteiger partial charge on any atom is -0.393 e. The fraction of sp³-hybridized carbons (Fsp3) is 0.174. The molecule has 0 amide bonds. The summed E-state index contributed by atoms with van der Waals surface area (Å²) in [6.07, 6.45) is 1.30. The molecule has 0 aliphatic carbocycles. The van der Waals surface area contributed by atoms with E-state index in [1.165, 1.54) is 11.2 Å². The van der Waals surface area contributed by atoms with Crippen LogP contribution in [0.15, 0.2) is 42.7 Å². The van der Waals surface area contributed by atoms with Gasteiger partial charge in [-0.25, -0.2) is 9.97 Å². The Morgan fingerprint density at radius 3 is 2.33 bits per heavy atom. The number of nitrogens with zero attached hydrogens (tertiary/aromatic N) is 6. The topological polar surface area (TPSA) is 138 Å². The second-order valence-electron chi connectivity index (χ2n) is 7.06. The highest BCUT2D eigenvalue weighted by Crippen LogP contribution is 2.36. The van der Waals surface area contributed by atoms with E-state index in [0.29, 0.717) is 27.1 Å². The zero-order chi connectivity index (χ0) is 24.0. The van der Waals surface area contributed by atoms with Crippen LogP contribution in [0.2, 0.25) is 10.0 Å². The Hall–Kier alpha value is -4.03. The summed E-state index contributed by atoms with van der Waals surface area (Å²) in [5, 5.41) is 32.0. The van der Waals surface area contributed by atoms with Crippen LogP contribution in [0.1, 0.15) is 22.6 Å². The molecule has 10 heteroatoms. The fourth-order valence-corrected chi connectivity index (χ4v) is 3.68. The molecule has 3 rings (SSSR count). The van der Waals surface area contributed by atoms with Gasteiger partial charge in [-0.2, -0.15) is 15.8 Å². The number of nitriles is 3. The van der Waals surface area contributed by atoms with Crippen LogP contribution in [-0.2, 0) is 0 Å². The Morgan fingerprint density at radius 2 is 1.73 bits per heavy atom. The molecule has 1 heterocycles. The summed E-state index contributed by atoms with van der Waals surface area (Å²) < 4.78 is 0. The molecule has 2 aromatic carbocycles. The summed E-state index contributed by atoms with van der Waals surface area (Å²) in [7, 11) is 0. The van der Waals surface area contributed by atoms with Crippen molar-refractivity contribution < 1.29 is 0 Å². The quantitative estimate of drug-likeness (QED) is 0.457. The van der Waals surface area contributed by atoms with Crippen LogP contribution in [0.3, 0.4) is 0 Å². The lowest BCUT2D eigenvalue weighted by molar-refractivity contribution is 0.929. The van der Waals surface area contributed by atoms with Crippen LogP contribution in [0, 0.1) is 40.9 Å². The van der Waals surface area contributed by atoms with Gasteiger partial charge >= 0.3 is 0 Å². The molecule has 164 valence electrons. The van der Waals surface area contributed by atoms with Gasteiger partial charge < -0.3 is 16.0 Å². The Morgan fingerprint density at radius 1 is 1.06 bits per heavy atom. The van der Waals surface area contributed by atoms with Gasteiger partial charge in [-0.15, -0.1) is 0 Å². The minimum atomic E-state index is -0.566. The second-order valence-corrected chi connectivity index (χ2v) is 7.90. The monoisotopic (exact) mass is 476 g/mol. The first-order valence-corrected chi connectivity index (χ1v) is 10.5. The zero-order valence-corrected chi connectivity index (χ0v) is 19.1. The van der Waals surface area contributed by atoms with Gasteiger partial charge in [-0.3, -0.25) is 0 Å². The third-order valence-corrected chi connectivity index (χ3v) is 5.51. The Bertz CT molecular complexity index is 1270. The van der Waals surface area contributed by atoms with Crippen LogP contribution >= 0.6 is 23.2 Å². The van der Waals surface area contributed by atoms with E-state index in [1.54, 1.807) is 30.3 Å². The molecule has 1 atom stereocenters. The van der Waals surface area contributed by atoms with E-state index >= 15 is 0 Å². The maximum atomic E-state index is 9.79. The van der Waals surface area contributed by atoms with E-state index in [1.807, 2.05) is 25.1 Å². The number of nitrogens with one attached hydrogen (secondary N) is 1. The van der Waals surface area contributed by atoms with Crippen molar-refractivity contribution in [2.45, 2.75) is 12.8 Å². The highest BCUT2D eigenvalue weighted by Gasteiger charge is 2.20. The number of rotatable bonds is 7. The van der Waals surface area contributed by atoms with E-state index in [9.17, 15) is 5.26 Å². The van der Waals surface area contributed by atoms with Crippen molar-refractivity contribution in [2.24, 2.45) is 0 Å². The van der Waals surface area contributed by atoms with Gasteiger partial charge in [0.1, 0.15) is 25.1 Å². The van der Waals surface area contributed by atoms with E-state index < -0.39 is 5.92 Å². The van der Waals surface area contributed by atoms with Crippen molar-refractivity contribution in [1.29, 1.82) is 15.8 Å². The SMILES string of the molecule is Cc1cc(C(C#N)c2ccc(Cl)cc2)c(Cl)cc1Nc1ncnc(N(CC#N)CC#N)c1N. The van der Waals surface area contributed by atoms with Crippen molar-refractivity contribution in [1.82, 2.24) is 9.97 Å². The van der Waals surface area contributed by atoms with E-state index in [4.69, 9.17) is 39.5 Å². The molecule has 3 aromatic rings. The molecule has 0 bridgehead atoms. The van der Waals surface area contributed by atoms with Gasteiger partial charge in [0.05, 0.1) is 24.1 Å². The summed E-state index contributed by atoms with van der Waals surface area (Å²) in [6, 6.07) is 16.9. The number of nitrogens with two attached hydrogens (primary N) is 1. The zero-order valence-electron chi connectivity index (χ0n) is 17.5. The number of halogens is 2. The van der Waals surface area contributed by atoms with E-state index in [-0.39, 0.29) is 24.6 Å². The highest BCUT2D eigenvalue weighted by atomic mass is 35.5. The van der Waals surface area contributed by atoms with Gasteiger partial charge in [0.2, 0.25) is 0 Å². The van der Waals surface area contributed by atoms with Crippen LogP contribution in [0.4, 0.5) is 23.0 Å². The van der Waals surface area contributed by atoms with Gasteiger partial charge in [-0.1, -0.05) is 41.4 Å². The largest absolute Gasteiger partial charge is 0.393 e. The number of benzene rings is 2. The van der Waals surface area contributed by atoms with Crippen molar-refractivity contribution in [2.75, 3.05) is 29.0 Å². The Labute approximate surface area is 201 Å². The van der Waals surface area contributed by atoms with Crippen molar-refractivity contribution in [3.8, 4) is 18.2 Å². The summed E-state index contributed by atoms with van der Waals surface area (Å²) >= 11 is 12.5. The van der Waals surface area contributed by atoms with Crippen molar-refractivity contribution >= 4 is 46.2 Å². The molecule has 1 aromatic heterocycles. The first-order valence-electron chi connectivity index (χ1n) is 9.71. The number of aryl methyl sites for hydroxylation is 1. The van der Waals surface area contributed by atoms with E-state index in [0.717, 1.165) is 11.1 Å². The maximum Gasteiger partial charge on any atom is 0.159 e. The van der Waals surface area contributed by atoms with Crippen LogP contribution in [0.25, 0.3) is 0 Å². The van der Waals surface area contributed by atoms with Crippen LogP contribution in [0.5, 0.6) is 0 Å². The molecular formula is C23H18Cl2N8. The van der Waals surface area contributed by atoms with Crippen LogP contribution in [-0.4, -0.2) is 23.1 Å². The molecule has 0 saturated heterocycles. The average molecular weight is 477 g/mol. The lowest BCUT2D eigenvalue weighted by atomic mass is 9.91. The lowest BCUT2D eigenvalue weighted by Gasteiger charge is -2.21. The summed E-state index contributed by atoms with van der Waals surface area (Å²) in [5.74, 6) is 0.0225. The van der Waals surface area contributed by atoms with Crippen molar-refractivity contribution in [3.05, 3.63) is 69.5 Å². The first kappa shape index (κ1) is 23.6. The minimum absolute atomic E-state index is 0.0476. The van der Waals surface area contributed by atoms with Gasteiger partial charge in [0, 0.05) is 15.7 Å². The smallest absolute Gasteiger partial charge is 0.159 e. The molecule has 0 fully saturated rings. The summed E-state index contributed by atoms with van der Waals surface area (Å²) in [6.45, 7) is 1.77. The van der Waals surface area contributed by atoms with Crippen LogP contribution < -0.4 is 16.0 Å².